The van der Waals surface area contributed by atoms with Crippen LogP contribution in [0.3, 0.4) is 0 Å². The molecule has 10 heteroatoms. The van der Waals surface area contributed by atoms with Crippen LogP contribution in [-0.4, -0.2) is 42.2 Å². The Morgan fingerprint density at radius 1 is 1.00 bits per heavy atom. The topological polar surface area (TPSA) is 121 Å². The zero-order valence-corrected chi connectivity index (χ0v) is 21.6. The van der Waals surface area contributed by atoms with Gasteiger partial charge in [-0.15, -0.1) is 11.3 Å². The molecule has 1 amide bonds. The van der Waals surface area contributed by atoms with Gasteiger partial charge >= 0.3 is 0 Å². The molecule has 0 unspecified atom stereocenters. The van der Waals surface area contributed by atoms with Crippen molar-refractivity contribution in [2.45, 2.75) is 13.3 Å². The standard InChI is InChI=1S/C27H25N5O4S/c1-14-5-6-16-17(22(14)32-27(33)18-12-37-25-23(18)30-13-31-26(25)28)7-8-29-19(16)9-15-10-20(34-2)24(36-4)21(11-15)35-3/h5-8,10-13H,9H2,1-4H3,(H,32,33)(H2,28,30,31). The number of ether oxygens (including phenoxy) is 3. The molecule has 3 heterocycles. The minimum Gasteiger partial charge on any atom is -0.493 e. The first kappa shape index (κ1) is 24.3. The van der Waals surface area contributed by atoms with E-state index >= 15 is 0 Å². The van der Waals surface area contributed by atoms with Crippen LogP contribution in [-0.2, 0) is 6.42 Å². The van der Waals surface area contributed by atoms with Crippen molar-refractivity contribution in [1.82, 2.24) is 15.0 Å². The Morgan fingerprint density at radius 3 is 2.46 bits per heavy atom. The number of methoxy groups -OCH3 is 3. The second-order valence-electron chi connectivity index (χ2n) is 8.36. The molecule has 0 saturated heterocycles. The summed E-state index contributed by atoms with van der Waals surface area (Å²) in [5.41, 5.74) is 10.4. The summed E-state index contributed by atoms with van der Waals surface area (Å²) in [6.07, 6.45) is 3.64. The number of nitrogen functional groups attached to an aromatic ring is 1. The summed E-state index contributed by atoms with van der Waals surface area (Å²) in [7, 11) is 4.75. The van der Waals surface area contributed by atoms with Crippen molar-refractivity contribution in [3.8, 4) is 17.2 Å². The van der Waals surface area contributed by atoms with E-state index in [0.717, 1.165) is 33.3 Å². The van der Waals surface area contributed by atoms with E-state index in [2.05, 4.69) is 20.3 Å². The van der Waals surface area contributed by atoms with Gasteiger partial charge in [0.25, 0.3) is 5.91 Å². The molecule has 0 aliphatic heterocycles. The highest BCUT2D eigenvalue weighted by molar-refractivity contribution is 7.18. The van der Waals surface area contributed by atoms with Crippen LogP contribution in [0.4, 0.5) is 11.5 Å². The normalized spacial score (nSPS) is 11.0. The van der Waals surface area contributed by atoms with Gasteiger partial charge in [-0.1, -0.05) is 12.1 Å². The summed E-state index contributed by atoms with van der Waals surface area (Å²) in [5.74, 6) is 1.79. The first-order valence-electron chi connectivity index (χ1n) is 11.4. The lowest BCUT2D eigenvalue weighted by Crippen LogP contribution is -2.13. The Kier molecular flexibility index (Phi) is 6.49. The molecule has 0 aliphatic carbocycles. The van der Waals surface area contributed by atoms with Crippen LogP contribution in [0.25, 0.3) is 21.0 Å². The van der Waals surface area contributed by atoms with Gasteiger partial charge in [-0.05, 0) is 36.2 Å². The fourth-order valence-electron chi connectivity index (χ4n) is 4.37. The predicted molar refractivity (Wildman–Crippen MR) is 145 cm³/mol. The smallest absolute Gasteiger partial charge is 0.258 e. The summed E-state index contributed by atoms with van der Waals surface area (Å²) >= 11 is 1.35. The highest BCUT2D eigenvalue weighted by Crippen LogP contribution is 2.39. The molecule has 9 nitrogen and oxygen atoms in total. The minimum absolute atomic E-state index is 0.261. The summed E-state index contributed by atoms with van der Waals surface area (Å²) in [6, 6.07) is 9.73. The van der Waals surface area contributed by atoms with Gasteiger partial charge in [0, 0.05) is 28.8 Å². The fourth-order valence-corrected chi connectivity index (χ4v) is 5.28. The highest BCUT2D eigenvalue weighted by Gasteiger charge is 2.19. The number of fused-ring (bicyclic) bond motifs is 2. The van der Waals surface area contributed by atoms with Crippen LogP contribution in [0.15, 0.2) is 48.2 Å². The predicted octanol–water partition coefficient (Wildman–Crippen LogP) is 5.00. The van der Waals surface area contributed by atoms with Crippen molar-refractivity contribution in [1.29, 1.82) is 0 Å². The van der Waals surface area contributed by atoms with Gasteiger partial charge in [-0.25, -0.2) is 9.97 Å². The number of nitrogens with one attached hydrogen (secondary N) is 1. The van der Waals surface area contributed by atoms with E-state index in [0.29, 0.717) is 45.3 Å². The largest absolute Gasteiger partial charge is 0.493 e. The Hall–Kier alpha value is -4.44. The molecule has 188 valence electrons. The molecule has 0 saturated carbocycles. The van der Waals surface area contributed by atoms with Crippen molar-refractivity contribution in [2.75, 3.05) is 32.4 Å². The SMILES string of the molecule is COc1cc(Cc2nccc3c(NC(=O)c4csc5c(N)ncnc45)c(C)ccc23)cc(OC)c1OC. The number of hydrogen-bond acceptors (Lipinski definition) is 9. The number of thiophene rings is 1. The number of carbonyl (C=O) groups is 1. The lowest BCUT2D eigenvalue weighted by Gasteiger charge is -2.16. The maximum absolute atomic E-state index is 13.3. The summed E-state index contributed by atoms with van der Waals surface area (Å²) < 4.78 is 17.2. The van der Waals surface area contributed by atoms with E-state index in [1.54, 1.807) is 32.9 Å². The monoisotopic (exact) mass is 515 g/mol. The molecule has 2 aromatic carbocycles. The van der Waals surface area contributed by atoms with Crippen LogP contribution in [0.5, 0.6) is 17.2 Å². The van der Waals surface area contributed by atoms with Crippen LogP contribution < -0.4 is 25.3 Å². The molecule has 0 aliphatic rings. The average molecular weight is 516 g/mol. The Morgan fingerprint density at radius 2 is 1.76 bits per heavy atom. The fraction of sp³-hybridized carbons (Fsp3) is 0.185. The van der Waals surface area contributed by atoms with E-state index in [-0.39, 0.29) is 5.91 Å². The zero-order valence-electron chi connectivity index (χ0n) is 20.8. The number of carbonyl (C=O) groups excluding carboxylic acids is 1. The van der Waals surface area contributed by atoms with Gasteiger partial charge in [0.05, 0.1) is 48.5 Å². The number of nitrogens with two attached hydrogens (primary N) is 1. The van der Waals surface area contributed by atoms with E-state index in [9.17, 15) is 4.79 Å². The molecular weight excluding hydrogens is 490 g/mol. The molecule has 3 aromatic heterocycles. The Bertz CT molecular complexity index is 1620. The molecule has 5 aromatic rings. The van der Waals surface area contributed by atoms with Gasteiger partial charge in [-0.2, -0.15) is 0 Å². The molecule has 0 bridgehead atoms. The van der Waals surface area contributed by atoms with Crippen LogP contribution in [0.1, 0.15) is 27.2 Å². The number of pyridine rings is 1. The number of aromatic nitrogens is 3. The quantitative estimate of drug-likeness (QED) is 0.311. The highest BCUT2D eigenvalue weighted by atomic mass is 32.1. The molecule has 0 fully saturated rings. The van der Waals surface area contributed by atoms with E-state index < -0.39 is 0 Å². The molecule has 0 atom stereocenters. The Labute approximate surface area is 217 Å². The van der Waals surface area contributed by atoms with Crippen molar-refractivity contribution in [2.24, 2.45) is 0 Å². The van der Waals surface area contributed by atoms with Crippen LogP contribution in [0.2, 0.25) is 0 Å². The van der Waals surface area contributed by atoms with Crippen LogP contribution >= 0.6 is 11.3 Å². The van der Waals surface area contributed by atoms with Crippen molar-refractivity contribution >= 4 is 49.7 Å². The van der Waals surface area contributed by atoms with Gasteiger partial charge in [0.2, 0.25) is 5.75 Å². The first-order chi connectivity index (χ1) is 17.9. The number of amides is 1. The second-order valence-corrected chi connectivity index (χ2v) is 9.24. The molecule has 0 spiro atoms. The molecule has 5 rings (SSSR count). The lowest BCUT2D eigenvalue weighted by atomic mass is 9.99. The summed E-state index contributed by atoms with van der Waals surface area (Å²) in [6.45, 7) is 1.96. The maximum Gasteiger partial charge on any atom is 0.258 e. The third kappa shape index (κ3) is 4.36. The van der Waals surface area contributed by atoms with E-state index in [1.807, 2.05) is 37.3 Å². The molecule has 3 N–H and O–H groups in total. The number of nitrogens with zero attached hydrogens (tertiary/aromatic N) is 3. The second kappa shape index (κ2) is 9.90. The van der Waals surface area contributed by atoms with E-state index in [4.69, 9.17) is 19.9 Å². The lowest BCUT2D eigenvalue weighted by molar-refractivity contribution is 0.102. The maximum atomic E-state index is 13.3. The number of aryl methyl sites for hydroxylation is 1. The number of hydrogen-bond donors (Lipinski definition) is 2. The number of anilines is 2. The number of rotatable bonds is 7. The first-order valence-corrected chi connectivity index (χ1v) is 12.3. The van der Waals surface area contributed by atoms with Crippen molar-refractivity contribution in [3.63, 3.8) is 0 Å². The van der Waals surface area contributed by atoms with Gasteiger partial charge < -0.3 is 25.3 Å². The van der Waals surface area contributed by atoms with Gasteiger partial charge in [0.15, 0.2) is 11.5 Å². The molecular formula is C27H25N5O4S. The van der Waals surface area contributed by atoms with Crippen LogP contribution in [0, 0.1) is 6.92 Å². The summed E-state index contributed by atoms with van der Waals surface area (Å²) in [5, 5.41) is 6.66. The van der Waals surface area contributed by atoms with Crippen molar-refractivity contribution in [3.05, 3.63) is 70.6 Å². The minimum atomic E-state index is -0.261. The molecule has 0 radical (unpaired) electrons. The van der Waals surface area contributed by atoms with Crippen molar-refractivity contribution < 1.29 is 19.0 Å². The average Bonchev–Trinajstić information content (AvgIpc) is 3.35. The summed E-state index contributed by atoms with van der Waals surface area (Å²) in [4.78, 5) is 26.2. The third-order valence-electron chi connectivity index (χ3n) is 6.20. The van der Waals surface area contributed by atoms with E-state index in [1.165, 1.54) is 17.7 Å². The zero-order chi connectivity index (χ0) is 26.1. The Balaban J connectivity index is 1.53. The number of benzene rings is 2. The van der Waals surface area contributed by atoms with Gasteiger partial charge in [-0.3, -0.25) is 9.78 Å². The van der Waals surface area contributed by atoms with Gasteiger partial charge in [0.1, 0.15) is 12.1 Å². The molecule has 37 heavy (non-hydrogen) atoms. The third-order valence-corrected chi connectivity index (χ3v) is 7.19.